The largest absolute Gasteiger partial charge is 0.493 e. The minimum absolute atomic E-state index is 0.495. The summed E-state index contributed by atoms with van der Waals surface area (Å²) in [4.78, 5) is 0.495. The van der Waals surface area contributed by atoms with Gasteiger partial charge in [-0.3, -0.25) is 0 Å². The third kappa shape index (κ3) is 3.34. The Bertz CT molecular complexity index is 336. The summed E-state index contributed by atoms with van der Waals surface area (Å²) in [6, 6.07) is 6.10. The molecule has 0 spiro atoms. The van der Waals surface area contributed by atoms with Gasteiger partial charge < -0.3 is 10.5 Å². The molecule has 1 rings (SSSR count). The lowest BCUT2D eigenvalue weighted by atomic mass is 10.1. The van der Waals surface area contributed by atoms with Gasteiger partial charge in [-0.05, 0) is 25.5 Å². The van der Waals surface area contributed by atoms with Gasteiger partial charge in [0.15, 0.2) is 0 Å². The van der Waals surface area contributed by atoms with Crippen LogP contribution in [-0.4, -0.2) is 11.6 Å². The summed E-state index contributed by atoms with van der Waals surface area (Å²) in [6.45, 7) is 4.65. The molecule has 0 aromatic heterocycles. The minimum atomic E-state index is 0.495. The van der Waals surface area contributed by atoms with Gasteiger partial charge in [-0.15, -0.1) is 0 Å². The number of aryl methyl sites for hydroxylation is 2. The van der Waals surface area contributed by atoms with Crippen LogP contribution in [-0.2, 0) is 0 Å². The first kappa shape index (κ1) is 11.0. The normalized spacial score (nSPS) is 9.86. The van der Waals surface area contributed by atoms with Crippen LogP contribution < -0.4 is 10.5 Å². The van der Waals surface area contributed by atoms with Crippen LogP contribution in [0, 0.1) is 13.8 Å². The Kier molecular flexibility index (Phi) is 3.89. The summed E-state index contributed by atoms with van der Waals surface area (Å²) in [5.74, 6) is 0.909. The molecule has 0 unspecified atom stereocenters. The Labute approximate surface area is 90.1 Å². The van der Waals surface area contributed by atoms with E-state index in [0.29, 0.717) is 18.0 Å². The zero-order valence-electron chi connectivity index (χ0n) is 8.54. The van der Waals surface area contributed by atoms with Crippen LogP contribution in [0.4, 0.5) is 0 Å². The van der Waals surface area contributed by atoms with E-state index in [2.05, 4.69) is 13.0 Å². The molecule has 2 N–H and O–H groups in total. The fraction of sp³-hybridized carbons (Fsp3) is 0.364. The molecule has 14 heavy (non-hydrogen) atoms. The first-order valence-electron chi connectivity index (χ1n) is 4.58. The number of thiocarbonyl (C=S) groups is 1. The van der Waals surface area contributed by atoms with Gasteiger partial charge in [-0.2, -0.15) is 0 Å². The SMILES string of the molecule is Cc1ccc(OCCC(N)=S)c(C)c1. The Hall–Kier alpha value is -1.09. The molecular formula is C11H15NOS. The Morgan fingerprint density at radius 2 is 2.14 bits per heavy atom. The molecule has 3 heteroatoms. The predicted molar refractivity (Wildman–Crippen MR) is 62.8 cm³/mol. The minimum Gasteiger partial charge on any atom is -0.493 e. The van der Waals surface area contributed by atoms with Crippen LogP contribution in [0.3, 0.4) is 0 Å². The molecule has 0 saturated heterocycles. The van der Waals surface area contributed by atoms with Crippen molar-refractivity contribution < 1.29 is 4.74 Å². The molecule has 0 atom stereocenters. The van der Waals surface area contributed by atoms with Gasteiger partial charge in [0.05, 0.1) is 11.6 Å². The molecule has 1 aromatic rings. The molecule has 0 aliphatic carbocycles. The second-order valence-corrected chi connectivity index (χ2v) is 3.86. The average Bonchev–Trinajstić information content (AvgIpc) is 2.08. The fourth-order valence-corrected chi connectivity index (χ4v) is 1.31. The maximum atomic E-state index is 5.54. The smallest absolute Gasteiger partial charge is 0.122 e. The summed E-state index contributed by atoms with van der Waals surface area (Å²) in [7, 11) is 0. The summed E-state index contributed by atoms with van der Waals surface area (Å²) in [6.07, 6.45) is 0.628. The number of hydrogen-bond acceptors (Lipinski definition) is 2. The highest BCUT2D eigenvalue weighted by Gasteiger charge is 1.99. The van der Waals surface area contributed by atoms with E-state index in [9.17, 15) is 0 Å². The Morgan fingerprint density at radius 3 is 2.71 bits per heavy atom. The van der Waals surface area contributed by atoms with Gasteiger partial charge in [0.2, 0.25) is 0 Å². The second kappa shape index (κ2) is 4.96. The topological polar surface area (TPSA) is 35.2 Å². The number of nitrogens with two attached hydrogens (primary N) is 1. The van der Waals surface area contributed by atoms with E-state index in [4.69, 9.17) is 22.7 Å². The lowest BCUT2D eigenvalue weighted by Crippen LogP contribution is -2.12. The monoisotopic (exact) mass is 209 g/mol. The molecule has 2 nitrogen and oxygen atoms in total. The summed E-state index contributed by atoms with van der Waals surface area (Å²) in [5.41, 5.74) is 7.76. The standard InChI is InChI=1S/C11H15NOS/c1-8-3-4-10(9(2)7-8)13-6-5-11(12)14/h3-4,7H,5-6H2,1-2H3,(H2,12,14). The average molecular weight is 209 g/mol. The highest BCUT2D eigenvalue weighted by atomic mass is 32.1. The van der Waals surface area contributed by atoms with Crippen LogP contribution in [0.5, 0.6) is 5.75 Å². The first-order valence-corrected chi connectivity index (χ1v) is 4.99. The number of rotatable bonds is 4. The molecule has 0 fully saturated rings. The van der Waals surface area contributed by atoms with Gasteiger partial charge >= 0.3 is 0 Å². The van der Waals surface area contributed by atoms with Crippen molar-refractivity contribution in [1.82, 2.24) is 0 Å². The highest BCUT2D eigenvalue weighted by Crippen LogP contribution is 2.18. The lowest BCUT2D eigenvalue weighted by molar-refractivity contribution is 0.327. The third-order valence-corrected chi connectivity index (χ3v) is 2.14. The zero-order chi connectivity index (χ0) is 10.6. The molecule has 0 amide bonds. The maximum Gasteiger partial charge on any atom is 0.122 e. The molecular weight excluding hydrogens is 194 g/mol. The molecule has 0 aliphatic heterocycles. The van der Waals surface area contributed by atoms with Gasteiger partial charge in [-0.1, -0.05) is 29.9 Å². The zero-order valence-corrected chi connectivity index (χ0v) is 9.36. The van der Waals surface area contributed by atoms with Crippen molar-refractivity contribution in [2.45, 2.75) is 20.3 Å². The van der Waals surface area contributed by atoms with Gasteiger partial charge in [0, 0.05) is 6.42 Å². The first-order chi connectivity index (χ1) is 6.59. The number of ether oxygens (including phenoxy) is 1. The highest BCUT2D eigenvalue weighted by molar-refractivity contribution is 7.80. The van der Waals surface area contributed by atoms with Crippen molar-refractivity contribution >= 4 is 17.2 Å². The van der Waals surface area contributed by atoms with E-state index in [-0.39, 0.29) is 0 Å². The Morgan fingerprint density at radius 1 is 1.43 bits per heavy atom. The fourth-order valence-electron chi connectivity index (χ4n) is 1.22. The van der Waals surface area contributed by atoms with E-state index in [0.717, 1.165) is 11.3 Å². The van der Waals surface area contributed by atoms with E-state index in [1.54, 1.807) is 0 Å². The predicted octanol–water partition coefficient (Wildman–Crippen LogP) is 2.36. The molecule has 1 aromatic carbocycles. The van der Waals surface area contributed by atoms with Crippen LogP contribution in [0.25, 0.3) is 0 Å². The van der Waals surface area contributed by atoms with Crippen molar-refractivity contribution in [3.8, 4) is 5.75 Å². The third-order valence-electron chi connectivity index (χ3n) is 1.94. The van der Waals surface area contributed by atoms with Crippen LogP contribution in [0.1, 0.15) is 17.5 Å². The maximum absolute atomic E-state index is 5.54. The summed E-state index contributed by atoms with van der Waals surface area (Å²) < 4.78 is 5.54. The quantitative estimate of drug-likeness (QED) is 0.773. The van der Waals surface area contributed by atoms with Crippen LogP contribution in [0.2, 0.25) is 0 Å². The second-order valence-electron chi connectivity index (χ2n) is 3.33. The lowest BCUT2D eigenvalue weighted by Gasteiger charge is -2.08. The molecule has 0 bridgehead atoms. The van der Waals surface area contributed by atoms with Crippen molar-refractivity contribution in [2.24, 2.45) is 5.73 Å². The van der Waals surface area contributed by atoms with E-state index >= 15 is 0 Å². The van der Waals surface area contributed by atoms with Gasteiger partial charge in [-0.25, -0.2) is 0 Å². The summed E-state index contributed by atoms with van der Waals surface area (Å²) >= 11 is 4.76. The molecule has 0 aliphatic rings. The number of benzene rings is 1. The van der Waals surface area contributed by atoms with Crippen LogP contribution >= 0.6 is 12.2 Å². The molecule has 0 heterocycles. The summed E-state index contributed by atoms with van der Waals surface area (Å²) in [5, 5.41) is 0. The molecule has 0 radical (unpaired) electrons. The van der Waals surface area contributed by atoms with E-state index in [1.165, 1.54) is 5.56 Å². The van der Waals surface area contributed by atoms with Gasteiger partial charge in [0.1, 0.15) is 5.75 Å². The van der Waals surface area contributed by atoms with Crippen molar-refractivity contribution in [2.75, 3.05) is 6.61 Å². The van der Waals surface area contributed by atoms with E-state index < -0.39 is 0 Å². The molecule has 76 valence electrons. The van der Waals surface area contributed by atoms with Crippen molar-refractivity contribution in [3.05, 3.63) is 29.3 Å². The van der Waals surface area contributed by atoms with Crippen LogP contribution in [0.15, 0.2) is 18.2 Å². The van der Waals surface area contributed by atoms with Crippen molar-refractivity contribution in [1.29, 1.82) is 0 Å². The van der Waals surface area contributed by atoms with Crippen molar-refractivity contribution in [3.63, 3.8) is 0 Å². The van der Waals surface area contributed by atoms with E-state index in [1.807, 2.05) is 19.1 Å². The Balaban J connectivity index is 2.55. The number of hydrogen-bond donors (Lipinski definition) is 1. The molecule has 0 saturated carbocycles. The van der Waals surface area contributed by atoms with Gasteiger partial charge in [0.25, 0.3) is 0 Å².